The molecule has 1 aliphatic rings. The largest absolute Gasteiger partial charge is 0.497 e. The predicted octanol–water partition coefficient (Wildman–Crippen LogP) is 4.48. The summed E-state index contributed by atoms with van der Waals surface area (Å²) in [7, 11) is 1.62. The molecule has 0 amide bonds. The molecule has 0 spiro atoms. The van der Waals surface area contributed by atoms with Crippen molar-refractivity contribution in [1.82, 2.24) is 10.2 Å². The Morgan fingerprint density at radius 3 is 2.58 bits per heavy atom. The summed E-state index contributed by atoms with van der Waals surface area (Å²) in [6.07, 6.45) is 1.72. The summed E-state index contributed by atoms with van der Waals surface area (Å²) in [5.74, 6) is 0.696. The summed E-state index contributed by atoms with van der Waals surface area (Å²) in [5.41, 5.74) is 3.33. The molecule has 2 aromatic carbocycles. The normalized spacial score (nSPS) is 18.6. The molecule has 0 saturated heterocycles. The van der Waals surface area contributed by atoms with Gasteiger partial charge in [-0.15, -0.1) is 0 Å². The van der Waals surface area contributed by atoms with E-state index in [1.807, 2.05) is 48.5 Å². The van der Waals surface area contributed by atoms with Crippen molar-refractivity contribution < 1.29 is 4.74 Å². The Bertz CT molecular complexity index is 1020. The molecule has 2 unspecified atom stereocenters. The van der Waals surface area contributed by atoms with Crippen molar-refractivity contribution in [3.8, 4) is 11.8 Å². The number of aliphatic imine (C=N–C) groups is 1. The third-order valence-corrected chi connectivity index (χ3v) is 4.95. The van der Waals surface area contributed by atoms with Crippen LogP contribution < -0.4 is 4.74 Å². The van der Waals surface area contributed by atoms with E-state index in [2.05, 4.69) is 21.3 Å². The van der Waals surface area contributed by atoms with Gasteiger partial charge in [-0.2, -0.15) is 10.4 Å². The number of fused-ring (bicyclic) bond motifs is 1. The van der Waals surface area contributed by atoms with E-state index in [0.29, 0.717) is 16.6 Å². The van der Waals surface area contributed by atoms with Gasteiger partial charge in [0.2, 0.25) is 0 Å². The molecule has 1 aliphatic heterocycles. The average Bonchev–Trinajstić information content (AvgIpc) is 3.15. The monoisotopic (exact) mass is 362 g/mol. The van der Waals surface area contributed by atoms with Gasteiger partial charge in [-0.1, -0.05) is 29.8 Å². The van der Waals surface area contributed by atoms with Crippen LogP contribution in [0.15, 0.2) is 59.7 Å². The third-order valence-electron chi connectivity index (χ3n) is 4.61. The van der Waals surface area contributed by atoms with Crippen LogP contribution in [-0.4, -0.2) is 23.0 Å². The molecule has 0 radical (unpaired) electrons. The summed E-state index contributed by atoms with van der Waals surface area (Å²) >= 11 is 6.45. The zero-order chi connectivity index (χ0) is 18.1. The summed E-state index contributed by atoms with van der Waals surface area (Å²) in [6.45, 7) is 0. The van der Waals surface area contributed by atoms with E-state index in [-0.39, 0.29) is 5.92 Å². The number of aromatic amines is 1. The number of benzene rings is 2. The summed E-state index contributed by atoms with van der Waals surface area (Å²) in [5, 5.41) is 17.7. The van der Waals surface area contributed by atoms with Crippen molar-refractivity contribution in [1.29, 1.82) is 5.26 Å². The van der Waals surface area contributed by atoms with Crippen LogP contribution >= 0.6 is 11.6 Å². The van der Waals surface area contributed by atoms with Crippen molar-refractivity contribution in [2.45, 2.75) is 5.92 Å². The minimum atomic E-state index is -0.478. The minimum absolute atomic E-state index is 0.239. The molecule has 4 rings (SSSR count). The molecule has 0 saturated carbocycles. The van der Waals surface area contributed by atoms with Gasteiger partial charge in [-0.05, 0) is 41.5 Å². The summed E-state index contributed by atoms with van der Waals surface area (Å²) in [4.78, 5) is 4.68. The lowest BCUT2D eigenvalue weighted by atomic mass is 9.76. The number of hydrogen-bond donors (Lipinski definition) is 1. The van der Waals surface area contributed by atoms with Crippen LogP contribution in [0.25, 0.3) is 0 Å². The van der Waals surface area contributed by atoms with E-state index < -0.39 is 5.92 Å². The number of methoxy groups -OCH3 is 1. The van der Waals surface area contributed by atoms with E-state index >= 15 is 0 Å². The highest BCUT2D eigenvalue weighted by Gasteiger charge is 2.37. The van der Waals surface area contributed by atoms with Crippen LogP contribution in [0.2, 0.25) is 5.02 Å². The maximum absolute atomic E-state index is 9.98. The molecule has 5 nitrogen and oxygen atoms in total. The van der Waals surface area contributed by atoms with E-state index in [9.17, 15) is 5.26 Å². The molecule has 128 valence electrons. The Hall–Kier alpha value is -3.10. The van der Waals surface area contributed by atoms with Gasteiger partial charge in [0.1, 0.15) is 11.7 Å². The lowest BCUT2D eigenvalue weighted by Gasteiger charge is -2.28. The molecule has 3 aromatic rings. The first-order valence-electron chi connectivity index (χ1n) is 8.13. The SMILES string of the molecule is COc1ccc(C2=Nc3[nH]ncc3C(c3ccccc3Cl)C2C#N)cc1. The number of nitriles is 1. The summed E-state index contributed by atoms with van der Waals surface area (Å²) in [6, 6.07) is 17.6. The Labute approximate surface area is 155 Å². The molecule has 1 aromatic heterocycles. The van der Waals surface area contributed by atoms with Crippen molar-refractivity contribution in [3.05, 3.63) is 76.4 Å². The summed E-state index contributed by atoms with van der Waals surface area (Å²) < 4.78 is 5.22. The van der Waals surface area contributed by atoms with Crippen LogP contribution in [-0.2, 0) is 0 Å². The van der Waals surface area contributed by atoms with Crippen LogP contribution in [0.5, 0.6) is 5.75 Å². The van der Waals surface area contributed by atoms with Gasteiger partial charge >= 0.3 is 0 Å². The zero-order valence-corrected chi connectivity index (χ0v) is 14.7. The molecule has 26 heavy (non-hydrogen) atoms. The zero-order valence-electron chi connectivity index (χ0n) is 14.0. The first kappa shape index (κ1) is 16.4. The fourth-order valence-electron chi connectivity index (χ4n) is 3.35. The average molecular weight is 363 g/mol. The topological polar surface area (TPSA) is 74.1 Å². The first-order valence-corrected chi connectivity index (χ1v) is 8.51. The Morgan fingerprint density at radius 1 is 1.12 bits per heavy atom. The molecule has 2 heterocycles. The quantitative estimate of drug-likeness (QED) is 0.746. The van der Waals surface area contributed by atoms with Crippen molar-refractivity contribution in [2.75, 3.05) is 7.11 Å². The van der Waals surface area contributed by atoms with E-state index in [4.69, 9.17) is 16.3 Å². The van der Waals surface area contributed by atoms with Gasteiger partial charge in [-0.25, -0.2) is 4.99 Å². The lowest BCUT2D eigenvalue weighted by molar-refractivity contribution is 0.415. The predicted molar refractivity (Wildman–Crippen MR) is 100 cm³/mol. The molecular weight excluding hydrogens is 348 g/mol. The number of hydrogen-bond acceptors (Lipinski definition) is 4. The maximum atomic E-state index is 9.98. The molecule has 6 heteroatoms. The van der Waals surface area contributed by atoms with Crippen molar-refractivity contribution in [2.24, 2.45) is 10.9 Å². The second kappa shape index (κ2) is 6.66. The highest BCUT2D eigenvalue weighted by Crippen LogP contribution is 2.44. The number of halogens is 1. The molecule has 0 bridgehead atoms. The van der Waals surface area contributed by atoms with E-state index in [1.54, 1.807) is 13.3 Å². The number of nitrogens with zero attached hydrogens (tertiary/aromatic N) is 3. The molecule has 0 aliphatic carbocycles. The second-order valence-corrected chi connectivity index (χ2v) is 6.41. The van der Waals surface area contributed by atoms with Gasteiger partial charge in [0.05, 0.1) is 25.1 Å². The van der Waals surface area contributed by atoms with Gasteiger partial charge < -0.3 is 4.74 Å². The smallest absolute Gasteiger partial charge is 0.152 e. The number of nitrogens with one attached hydrogen (secondary N) is 1. The van der Waals surface area contributed by atoms with Gasteiger partial charge in [0, 0.05) is 16.5 Å². The van der Waals surface area contributed by atoms with Crippen molar-refractivity contribution >= 4 is 23.1 Å². The number of aromatic nitrogens is 2. The van der Waals surface area contributed by atoms with Gasteiger partial charge in [-0.3, -0.25) is 5.10 Å². The molecular formula is C20H15ClN4O. The van der Waals surface area contributed by atoms with Crippen LogP contribution in [0.4, 0.5) is 5.82 Å². The second-order valence-electron chi connectivity index (χ2n) is 6.01. The van der Waals surface area contributed by atoms with Gasteiger partial charge in [0.15, 0.2) is 5.82 Å². The van der Waals surface area contributed by atoms with Crippen LogP contribution in [0.3, 0.4) is 0 Å². The van der Waals surface area contributed by atoms with E-state index in [0.717, 1.165) is 22.4 Å². The molecule has 1 N–H and O–H groups in total. The van der Waals surface area contributed by atoms with Crippen LogP contribution in [0, 0.1) is 17.2 Å². The Morgan fingerprint density at radius 2 is 1.88 bits per heavy atom. The fraction of sp³-hybridized carbons (Fsp3) is 0.150. The first-order chi connectivity index (χ1) is 12.7. The molecule has 2 atom stereocenters. The van der Waals surface area contributed by atoms with Crippen molar-refractivity contribution in [3.63, 3.8) is 0 Å². The fourth-order valence-corrected chi connectivity index (χ4v) is 3.60. The number of ether oxygens (including phenoxy) is 1. The third kappa shape index (κ3) is 2.65. The lowest BCUT2D eigenvalue weighted by Crippen LogP contribution is -2.26. The van der Waals surface area contributed by atoms with E-state index in [1.165, 1.54) is 0 Å². The number of H-pyrrole nitrogens is 1. The highest BCUT2D eigenvalue weighted by molar-refractivity contribution is 6.31. The van der Waals surface area contributed by atoms with Gasteiger partial charge in [0.25, 0.3) is 0 Å². The standard InChI is InChI=1S/C20H15ClN4O/c1-26-13-8-6-12(7-9-13)19-15(10-22)18(14-4-2-3-5-17(14)21)16-11-23-25-20(16)24-19/h2-9,11,15,18H,1H3,(H,23,25). The maximum Gasteiger partial charge on any atom is 0.152 e. The number of rotatable bonds is 3. The molecule has 0 fully saturated rings. The highest BCUT2D eigenvalue weighted by atomic mass is 35.5. The Balaban J connectivity index is 1.88. The minimum Gasteiger partial charge on any atom is -0.497 e. The Kier molecular flexibility index (Phi) is 4.19. The van der Waals surface area contributed by atoms with Crippen LogP contribution in [0.1, 0.15) is 22.6 Å².